The van der Waals surface area contributed by atoms with Gasteiger partial charge >= 0.3 is 0 Å². The molecule has 1 atom stereocenters. The van der Waals surface area contributed by atoms with Crippen LogP contribution < -0.4 is 10.2 Å². The van der Waals surface area contributed by atoms with Crippen LogP contribution >= 0.6 is 7.37 Å². The second-order valence-corrected chi connectivity index (χ2v) is 8.88. The molecule has 0 aliphatic carbocycles. The van der Waals surface area contributed by atoms with Crippen molar-refractivity contribution in [3.63, 3.8) is 0 Å². The molecule has 0 spiro atoms. The van der Waals surface area contributed by atoms with Crippen LogP contribution in [0.2, 0.25) is 0 Å². The fourth-order valence-corrected chi connectivity index (χ4v) is 3.73. The number of hydrogen-bond acceptors (Lipinski definition) is 9. The van der Waals surface area contributed by atoms with Gasteiger partial charge in [0.2, 0.25) is 18.5 Å². The normalized spacial score (nSPS) is 13.3. The van der Waals surface area contributed by atoms with E-state index in [0.29, 0.717) is 0 Å². The zero-order valence-corrected chi connectivity index (χ0v) is 16.5. The molecule has 0 saturated heterocycles. The van der Waals surface area contributed by atoms with E-state index < -0.39 is 24.3 Å². The fourth-order valence-electron chi connectivity index (χ4n) is 2.74. The lowest BCUT2D eigenvalue weighted by molar-refractivity contribution is 0.291. The Kier molecular flexibility index (Phi) is 5.46. The van der Waals surface area contributed by atoms with Crippen LogP contribution in [0.1, 0.15) is 6.92 Å². The predicted octanol–water partition coefficient (Wildman–Crippen LogP) is 3.56. The highest BCUT2D eigenvalue weighted by Crippen LogP contribution is 2.44. The van der Waals surface area contributed by atoms with Crippen LogP contribution in [0, 0.1) is 0 Å². The Balaban J connectivity index is 2.07. The highest BCUT2D eigenvalue weighted by Gasteiger charge is 2.21. The molecular weight excluding hydrogens is 403 g/mol. The largest absolute Gasteiger partial charge is 0.508 e. The Morgan fingerprint density at radius 3 is 2.48 bits per heavy atom. The summed E-state index contributed by atoms with van der Waals surface area (Å²) in [6.45, 7) is 3.32. The topological polar surface area (TPSA) is 147 Å². The van der Waals surface area contributed by atoms with Gasteiger partial charge in [-0.2, -0.15) is 0 Å². The molecule has 0 aliphatic rings. The molecule has 3 rings (SSSR count). The Morgan fingerprint density at radius 1 is 1.07 bits per heavy atom. The van der Waals surface area contributed by atoms with E-state index in [9.17, 15) is 29.8 Å². The number of ether oxygens (including phenoxy) is 1. The molecule has 0 radical (unpaired) electrons. The Morgan fingerprint density at radius 2 is 1.79 bits per heavy atom. The number of aromatic hydroxyl groups is 4. The Hall–Kier alpha value is -3.16. The third-order valence-corrected chi connectivity index (χ3v) is 5.42. The van der Waals surface area contributed by atoms with Crippen molar-refractivity contribution in [1.29, 1.82) is 0 Å². The third-order valence-electron chi connectivity index (χ3n) is 4.01. The number of hydrogen-bond donors (Lipinski definition) is 4. The SMILES string of the molecule is CCOP(C)(=O)COc1cc(-c2oc3cc(O)cc(O)c3c(=O)c2O)ccc1O. The fraction of sp³-hybridized carbons (Fsp3) is 0.211. The molecule has 0 amide bonds. The first-order valence-electron chi connectivity index (χ1n) is 8.52. The maximum Gasteiger partial charge on any atom is 0.238 e. The minimum Gasteiger partial charge on any atom is -0.508 e. The molecule has 1 heterocycles. The summed E-state index contributed by atoms with van der Waals surface area (Å²) in [5.41, 5.74) is -0.881. The van der Waals surface area contributed by atoms with Gasteiger partial charge in [0.25, 0.3) is 0 Å². The van der Waals surface area contributed by atoms with Gasteiger partial charge in [0.15, 0.2) is 23.6 Å². The van der Waals surface area contributed by atoms with Gasteiger partial charge in [-0.05, 0) is 25.1 Å². The first-order valence-corrected chi connectivity index (χ1v) is 10.8. The summed E-state index contributed by atoms with van der Waals surface area (Å²) in [4.78, 5) is 12.4. The van der Waals surface area contributed by atoms with Crippen LogP contribution in [0.3, 0.4) is 0 Å². The summed E-state index contributed by atoms with van der Waals surface area (Å²) in [7, 11) is -3.04. The van der Waals surface area contributed by atoms with E-state index in [1.807, 2.05) is 0 Å². The second kappa shape index (κ2) is 7.69. The molecule has 0 saturated carbocycles. The minimum atomic E-state index is -3.04. The summed E-state index contributed by atoms with van der Waals surface area (Å²) >= 11 is 0. The van der Waals surface area contributed by atoms with E-state index in [2.05, 4.69) is 0 Å². The number of rotatable bonds is 6. The van der Waals surface area contributed by atoms with Gasteiger partial charge in [-0.1, -0.05) is 0 Å². The lowest BCUT2D eigenvalue weighted by Crippen LogP contribution is -2.04. The summed E-state index contributed by atoms with van der Waals surface area (Å²) in [6.07, 6.45) is -0.298. The zero-order valence-electron chi connectivity index (χ0n) is 15.6. The van der Waals surface area contributed by atoms with E-state index in [-0.39, 0.29) is 52.5 Å². The summed E-state index contributed by atoms with van der Waals surface area (Å²) in [6, 6.07) is 5.96. The van der Waals surface area contributed by atoms with Crippen molar-refractivity contribution in [1.82, 2.24) is 0 Å². The van der Waals surface area contributed by atoms with Gasteiger partial charge in [-0.25, -0.2) is 0 Å². The molecule has 29 heavy (non-hydrogen) atoms. The summed E-state index contributed by atoms with van der Waals surface area (Å²) in [5, 5.41) is 39.5. The van der Waals surface area contributed by atoms with Crippen molar-refractivity contribution in [3.05, 3.63) is 40.6 Å². The molecule has 0 fully saturated rings. The van der Waals surface area contributed by atoms with Crippen molar-refractivity contribution in [2.24, 2.45) is 0 Å². The van der Waals surface area contributed by atoms with Gasteiger partial charge < -0.3 is 34.1 Å². The van der Waals surface area contributed by atoms with E-state index in [0.717, 1.165) is 12.1 Å². The van der Waals surface area contributed by atoms with Gasteiger partial charge in [0, 0.05) is 24.4 Å². The maximum atomic E-state index is 12.4. The highest BCUT2D eigenvalue weighted by molar-refractivity contribution is 7.57. The van der Waals surface area contributed by atoms with Crippen LogP contribution in [0.25, 0.3) is 22.3 Å². The van der Waals surface area contributed by atoms with Crippen molar-refractivity contribution in [3.8, 4) is 40.1 Å². The van der Waals surface area contributed by atoms with Gasteiger partial charge in [-0.15, -0.1) is 0 Å². The summed E-state index contributed by atoms with van der Waals surface area (Å²) in [5.74, 6) is -2.24. The first kappa shape index (κ1) is 20.6. The standard InChI is InChI=1S/C19H19O9P/c1-3-27-29(2,25)9-26-14-6-10(4-5-12(14)21)19-18(24)17(23)16-13(22)7-11(20)8-15(16)28-19/h4-8,20-22,24H,3,9H2,1-2H3. The van der Waals surface area contributed by atoms with Crippen molar-refractivity contribution < 1.29 is 38.7 Å². The average molecular weight is 422 g/mol. The molecule has 0 bridgehead atoms. The molecular formula is C19H19O9P. The minimum absolute atomic E-state index is 0.0646. The first-order chi connectivity index (χ1) is 13.6. The summed E-state index contributed by atoms with van der Waals surface area (Å²) < 4.78 is 28.2. The molecule has 1 unspecified atom stereocenters. The van der Waals surface area contributed by atoms with Crippen molar-refractivity contribution in [2.45, 2.75) is 6.92 Å². The molecule has 1 aromatic heterocycles. The highest BCUT2D eigenvalue weighted by atomic mass is 31.2. The maximum absolute atomic E-state index is 12.4. The second-order valence-electron chi connectivity index (χ2n) is 6.33. The monoisotopic (exact) mass is 422 g/mol. The molecule has 10 heteroatoms. The van der Waals surface area contributed by atoms with Crippen LogP contribution in [-0.2, 0) is 9.09 Å². The molecule has 9 nitrogen and oxygen atoms in total. The lowest BCUT2D eigenvalue weighted by Gasteiger charge is -2.15. The van der Waals surface area contributed by atoms with E-state index >= 15 is 0 Å². The lowest BCUT2D eigenvalue weighted by atomic mass is 10.1. The van der Waals surface area contributed by atoms with E-state index in [1.165, 1.54) is 24.9 Å². The van der Waals surface area contributed by atoms with E-state index in [4.69, 9.17) is 13.7 Å². The smallest absolute Gasteiger partial charge is 0.238 e. The van der Waals surface area contributed by atoms with Gasteiger partial charge in [0.1, 0.15) is 22.5 Å². The quantitative estimate of drug-likeness (QED) is 0.438. The predicted molar refractivity (Wildman–Crippen MR) is 105 cm³/mol. The van der Waals surface area contributed by atoms with E-state index in [1.54, 1.807) is 6.92 Å². The van der Waals surface area contributed by atoms with Crippen LogP contribution in [0.15, 0.2) is 39.5 Å². The van der Waals surface area contributed by atoms with Gasteiger partial charge in [0.05, 0.1) is 6.61 Å². The number of phenols is 3. The zero-order chi connectivity index (χ0) is 21.3. The average Bonchev–Trinajstić information content (AvgIpc) is 2.63. The molecule has 3 aromatic rings. The van der Waals surface area contributed by atoms with Crippen LogP contribution in [-0.4, -0.2) is 40.0 Å². The Bertz CT molecular complexity index is 1180. The van der Waals surface area contributed by atoms with Crippen LogP contribution in [0.4, 0.5) is 0 Å². The number of phenolic OH excluding ortho intramolecular Hbond substituents is 3. The third kappa shape index (κ3) is 4.16. The molecule has 154 valence electrons. The van der Waals surface area contributed by atoms with Crippen LogP contribution in [0.5, 0.6) is 28.7 Å². The van der Waals surface area contributed by atoms with Crippen molar-refractivity contribution in [2.75, 3.05) is 19.6 Å². The van der Waals surface area contributed by atoms with Crippen molar-refractivity contribution >= 4 is 18.3 Å². The molecule has 0 aliphatic heterocycles. The number of fused-ring (bicyclic) bond motifs is 1. The Labute approximate surface area is 164 Å². The molecule has 2 aromatic carbocycles. The number of benzene rings is 2. The van der Waals surface area contributed by atoms with Gasteiger partial charge in [-0.3, -0.25) is 9.36 Å². The molecule has 4 N–H and O–H groups in total.